The molecule has 0 amide bonds. The molecule has 0 aromatic carbocycles. The molecule has 2 saturated heterocycles. The Morgan fingerprint density at radius 1 is 1.24 bits per heavy atom. The molecule has 2 aliphatic heterocycles. The van der Waals surface area contributed by atoms with Gasteiger partial charge in [0.05, 0.1) is 13.2 Å². The second-order valence-electron chi connectivity index (χ2n) is 5.56. The Labute approximate surface area is 105 Å². The van der Waals surface area contributed by atoms with Crippen LogP contribution < -0.4 is 5.73 Å². The van der Waals surface area contributed by atoms with Gasteiger partial charge in [0.2, 0.25) is 0 Å². The highest BCUT2D eigenvalue weighted by Crippen LogP contribution is 2.15. The molecule has 2 aliphatic rings. The number of nitrogens with zero attached hydrogens (tertiary/aromatic N) is 2. The van der Waals surface area contributed by atoms with Crippen LogP contribution in [0.1, 0.15) is 20.3 Å². The first kappa shape index (κ1) is 13.3. The first-order chi connectivity index (χ1) is 8.20. The Morgan fingerprint density at radius 2 is 1.94 bits per heavy atom. The quantitative estimate of drug-likeness (QED) is 0.772. The third-order valence-corrected chi connectivity index (χ3v) is 4.36. The predicted molar refractivity (Wildman–Crippen MR) is 70.1 cm³/mol. The van der Waals surface area contributed by atoms with E-state index >= 15 is 0 Å². The van der Waals surface area contributed by atoms with Crippen molar-refractivity contribution in [2.75, 3.05) is 45.9 Å². The van der Waals surface area contributed by atoms with Crippen LogP contribution in [0.3, 0.4) is 0 Å². The molecule has 0 aliphatic carbocycles. The van der Waals surface area contributed by atoms with Gasteiger partial charge in [-0.25, -0.2) is 0 Å². The maximum Gasteiger partial charge on any atom is 0.0621 e. The summed E-state index contributed by atoms with van der Waals surface area (Å²) in [7, 11) is 0. The molecule has 2 N–H and O–H groups in total. The van der Waals surface area contributed by atoms with E-state index in [1.807, 2.05) is 0 Å². The maximum absolute atomic E-state index is 6.03. The van der Waals surface area contributed by atoms with Crippen molar-refractivity contribution in [3.8, 4) is 0 Å². The zero-order valence-electron chi connectivity index (χ0n) is 11.3. The number of piperazine rings is 1. The number of nitrogens with two attached hydrogens (primary N) is 1. The highest BCUT2D eigenvalue weighted by molar-refractivity contribution is 4.83. The molecule has 3 atom stereocenters. The monoisotopic (exact) mass is 241 g/mol. The second kappa shape index (κ2) is 6.14. The van der Waals surface area contributed by atoms with Crippen molar-refractivity contribution in [2.24, 2.45) is 11.7 Å². The molecule has 0 bridgehead atoms. The lowest BCUT2D eigenvalue weighted by atomic mass is 10.0. The summed E-state index contributed by atoms with van der Waals surface area (Å²) >= 11 is 0. The molecule has 0 spiro atoms. The second-order valence-corrected chi connectivity index (χ2v) is 5.56. The van der Waals surface area contributed by atoms with Gasteiger partial charge in [-0.15, -0.1) is 0 Å². The molecule has 0 aromatic rings. The summed E-state index contributed by atoms with van der Waals surface area (Å²) in [6, 6.07) is 0.983. The van der Waals surface area contributed by atoms with Crippen LogP contribution in [0.15, 0.2) is 0 Å². The van der Waals surface area contributed by atoms with Gasteiger partial charge in [-0.05, 0) is 13.3 Å². The van der Waals surface area contributed by atoms with E-state index in [1.165, 1.54) is 32.6 Å². The zero-order chi connectivity index (χ0) is 12.3. The third kappa shape index (κ3) is 3.41. The van der Waals surface area contributed by atoms with Crippen LogP contribution in [-0.2, 0) is 4.74 Å². The molecular formula is C13H27N3O. The minimum atomic E-state index is 0.252. The molecule has 4 heteroatoms. The molecule has 2 heterocycles. The zero-order valence-corrected chi connectivity index (χ0v) is 11.3. The first-order valence-electron chi connectivity index (χ1n) is 7.00. The lowest BCUT2D eigenvalue weighted by Crippen LogP contribution is -2.51. The molecular weight excluding hydrogens is 214 g/mol. The van der Waals surface area contributed by atoms with E-state index in [9.17, 15) is 0 Å². The van der Waals surface area contributed by atoms with Gasteiger partial charge in [0.15, 0.2) is 0 Å². The van der Waals surface area contributed by atoms with Crippen molar-refractivity contribution >= 4 is 0 Å². The summed E-state index contributed by atoms with van der Waals surface area (Å²) in [5, 5.41) is 0. The van der Waals surface area contributed by atoms with E-state index in [0.717, 1.165) is 25.8 Å². The van der Waals surface area contributed by atoms with Crippen molar-refractivity contribution in [2.45, 2.75) is 32.4 Å². The van der Waals surface area contributed by atoms with Crippen LogP contribution in [0.2, 0.25) is 0 Å². The van der Waals surface area contributed by atoms with Crippen LogP contribution in [0.25, 0.3) is 0 Å². The number of hydrogen-bond donors (Lipinski definition) is 1. The lowest BCUT2D eigenvalue weighted by Gasteiger charge is -2.38. The maximum atomic E-state index is 6.03. The lowest BCUT2D eigenvalue weighted by molar-refractivity contribution is 0.0857. The van der Waals surface area contributed by atoms with Crippen LogP contribution >= 0.6 is 0 Å². The molecule has 0 saturated carbocycles. The number of hydrogen-bond acceptors (Lipinski definition) is 4. The molecule has 0 aromatic heterocycles. The predicted octanol–water partition coefficient (Wildman–Crippen LogP) is 0.376. The van der Waals surface area contributed by atoms with Crippen molar-refractivity contribution in [1.82, 2.24) is 9.80 Å². The van der Waals surface area contributed by atoms with Crippen LogP contribution in [0.5, 0.6) is 0 Å². The van der Waals surface area contributed by atoms with E-state index in [4.69, 9.17) is 10.5 Å². The van der Waals surface area contributed by atoms with Crippen molar-refractivity contribution < 1.29 is 4.74 Å². The molecule has 3 unspecified atom stereocenters. The minimum absolute atomic E-state index is 0.252. The summed E-state index contributed by atoms with van der Waals surface area (Å²) < 4.78 is 5.43. The van der Waals surface area contributed by atoms with Gasteiger partial charge in [-0.3, -0.25) is 4.90 Å². The normalized spacial score (nSPS) is 34.1. The summed E-state index contributed by atoms with van der Waals surface area (Å²) in [6.45, 7) is 12.1. The Kier molecular flexibility index (Phi) is 4.79. The van der Waals surface area contributed by atoms with E-state index < -0.39 is 0 Å². The molecule has 17 heavy (non-hydrogen) atoms. The van der Waals surface area contributed by atoms with Crippen LogP contribution in [0, 0.1) is 5.92 Å². The van der Waals surface area contributed by atoms with Crippen LogP contribution in [0.4, 0.5) is 0 Å². The van der Waals surface area contributed by atoms with Crippen molar-refractivity contribution in [3.63, 3.8) is 0 Å². The van der Waals surface area contributed by atoms with E-state index in [2.05, 4.69) is 23.6 Å². The van der Waals surface area contributed by atoms with Gasteiger partial charge in [-0.1, -0.05) is 6.92 Å². The minimum Gasteiger partial charge on any atom is -0.379 e. The Balaban J connectivity index is 1.72. The van der Waals surface area contributed by atoms with Gasteiger partial charge in [0.1, 0.15) is 0 Å². The molecule has 4 nitrogen and oxygen atoms in total. The fraction of sp³-hybridized carbons (Fsp3) is 1.00. The third-order valence-electron chi connectivity index (χ3n) is 4.36. The number of rotatable bonds is 4. The first-order valence-corrected chi connectivity index (χ1v) is 7.00. The van der Waals surface area contributed by atoms with Gasteiger partial charge in [0.25, 0.3) is 0 Å². The Hall–Kier alpha value is -0.160. The fourth-order valence-electron chi connectivity index (χ4n) is 2.78. The van der Waals surface area contributed by atoms with Crippen molar-refractivity contribution in [3.05, 3.63) is 0 Å². The largest absolute Gasteiger partial charge is 0.379 e. The summed E-state index contributed by atoms with van der Waals surface area (Å²) in [4.78, 5) is 5.15. The standard InChI is InChI=1S/C13H27N3O/c1-3-11(2)16-6-4-15(5-7-16)8-12-9-17-10-13(12)14/h11-13H,3-10,14H2,1-2H3. The Morgan fingerprint density at radius 3 is 2.47 bits per heavy atom. The fourth-order valence-corrected chi connectivity index (χ4v) is 2.78. The highest BCUT2D eigenvalue weighted by Gasteiger charge is 2.28. The van der Waals surface area contributed by atoms with Gasteiger partial charge in [-0.2, -0.15) is 0 Å². The van der Waals surface area contributed by atoms with Gasteiger partial charge < -0.3 is 15.4 Å². The number of ether oxygens (including phenoxy) is 1. The molecule has 100 valence electrons. The van der Waals surface area contributed by atoms with E-state index in [1.54, 1.807) is 0 Å². The van der Waals surface area contributed by atoms with Gasteiger partial charge >= 0.3 is 0 Å². The van der Waals surface area contributed by atoms with E-state index in [-0.39, 0.29) is 6.04 Å². The Bertz CT molecular complexity index is 229. The van der Waals surface area contributed by atoms with E-state index in [0.29, 0.717) is 5.92 Å². The van der Waals surface area contributed by atoms with Gasteiger partial charge in [0, 0.05) is 50.7 Å². The summed E-state index contributed by atoms with van der Waals surface area (Å²) in [5.74, 6) is 0.546. The summed E-state index contributed by atoms with van der Waals surface area (Å²) in [5.41, 5.74) is 6.03. The average molecular weight is 241 g/mol. The summed E-state index contributed by atoms with van der Waals surface area (Å²) in [6.07, 6.45) is 1.25. The molecule has 2 fully saturated rings. The van der Waals surface area contributed by atoms with Crippen molar-refractivity contribution in [1.29, 1.82) is 0 Å². The highest BCUT2D eigenvalue weighted by atomic mass is 16.5. The molecule has 0 radical (unpaired) electrons. The molecule has 2 rings (SSSR count). The smallest absolute Gasteiger partial charge is 0.0621 e. The average Bonchev–Trinajstić information content (AvgIpc) is 2.75. The topological polar surface area (TPSA) is 41.7 Å². The SMILES string of the molecule is CCC(C)N1CCN(CC2COCC2N)CC1. The van der Waals surface area contributed by atoms with Crippen LogP contribution in [-0.4, -0.2) is 67.8 Å².